The molecule has 1 aromatic carbocycles. The Morgan fingerprint density at radius 2 is 2.11 bits per heavy atom. The van der Waals surface area contributed by atoms with Crippen LogP contribution in [0.1, 0.15) is 19.4 Å². The highest BCUT2D eigenvalue weighted by Gasteiger charge is 2.10. The fourth-order valence-electron chi connectivity index (χ4n) is 1.77. The van der Waals surface area contributed by atoms with Crippen LogP contribution in [0.4, 0.5) is 5.69 Å². The molecule has 0 radical (unpaired) electrons. The lowest BCUT2D eigenvalue weighted by Crippen LogP contribution is -2.29. The van der Waals surface area contributed by atoms with Gasteiger partial charge in [-0.3, -0.25) is 10.1 Å². The summed E-state index contributed by atoms with van der Waals surface area (Å²) in [6.45, 7) is 4.24. The average molecular weight is 261 g/mol. The van der Waals surface area contributed by atoms with E-state index in [1.165, 1.54) is 12.1 Å². The first-order chi connectivity index (χ1) is 9.04. The minimum atomic E-state index is -0.423. The average Bonchev–Trinajstić information content (AvgIpc) is 2.36. The predicted molar refractivity (Wildman–Crippen MR) is 71.7 cm³/mol. The molecule has 0 spiro atoms. The van der Waals surface area contributed by atoms with E-state index in [2.05, 4.69) is 10.3 Å². The number of nitrogens with zero attached hydrogens (tertiary/aromatic N) is 2. The summed E-state index contributed by atoms with van der Waals surface area (Å²) in [6.07, 6.45) is 2.00. The summed E-state index contributed by atoms with van der Waals surface area (Å²) in [5.41, 5.74) is 1.93. The quantitative estimate of drug-likeness (QED) is 0.669. The highest BCUT2D eigenvalue weighted by atomic mass is 16.6. The van der Waals surface area contributed by atoms with Gasteiger partial charge in [0.2, 0.25) is 0 Å². The summed E-state index contributed by atoms with van der Waals surface area (Å²) >= 11 is 0. The van der Waals surface area contributed by atoms with Crippen molar-refractivity contribution in [1.29, 1.82) is 0 Å². The smallest absolute Gasteiger partial charge is 0.289 e. The van der Waals surface area contributed by atoms with Crippen molar-refractivity contribution in [3.8, 4) is 0 Å². The second kappa shape index (κ2) is 5.51. The zero-order chi connectivity index (χ0) is 13.8. The molecule has 1 heterocycles. The van der Waals surface area contributed by atoms with Crippen molar-refractivity contribution in [2.45, 2.75) is 26.5 Å². The highest BCUT2D eigenvalue weighted by molar-refractivity contribution is 5.76. The molecule has 0 saturated heterocycles. The highest BCUT2D eigenvalue weighted by Crippen LogP contribution is 2.13. The van der Waals surface area contributed by atoms with Gasteiger partial charge >= 0.3 is 0 Å². The van der Waals surface area contributed by atoms with Gasteiger partial charge in [-0.25, -0.2) is 4.99 Å². The van der Waals surface area contributed by atoms with Crippen LogP contribution < -0.4 is 5.32 Å². The van der Waals surface area contributed by atoms with E-state index in [1.807, 2.05) is 19.9 Å². The molecule has 0 bridgehead atoms. The van der Waals surface area contributed by atoms with E-state index in [0.717, 1.165) is 11.3 Å². The molecule has 100 valence electrons. The number of ether oxygens (including phenoxy) is 1. The van der Waals surface area contributed by atoms with Crippen molar-refractivity contribution in [2.24, 2.45) is 4.99 Å². The van der Waals surface area contributed by atoms with Crippen molar-refractivity contribution >= 4 is 11.7 Å². The molecule has 6 heteroatoms. The number of amidine groups is 1. The number of non-ortho nitro benzene ring substituents is 1. The first kappa shape index (κ1) is 13.1. The Morgan fingerprint density at radius 3 is 2.68 bits per heavy atom. The number of benzene rings is 1. The number of allylic oxidation sites excluding steroid dienone is 1. The first-order valence-electron chi connectivity index (χ1n) is 5.94. The number of hydrogen-bond donors (Lipinski definition) is 1. The van der Waals surface area contributed by atoms with Gasteiger partial charge in [-0.15, -0.1) is 0 Å². The van der Waals surface area contributed by atoms with Crippen LogP contribution in [-0.2, 0) is 11.3 Å². The third-order valence-corrected chi connectivity index (χ3v) is 2.64. The lowest BCUT2D eigenvalue weighted by atomic mass is 10.2. The van der Waals surface area contributed by atoms with Gasteiger partial charge in [-0.2, -0.15) is 0 Å². The SMILES string of the molecule is CC1=CC(C)N=C(OCc2ccc([N+](=O)[O-])cc2)N1. The van der Waals surface area contributed by atoms with Crippen LogP contribution in [-0.4, -0.2) is 17.0 Å². The molecule has 1 aliphatic heterocycles. The topological polar surface area (TPSA) is 76.8 Å². The molecule has 1 aliphatic rings. The summed E-state index contributed by atoms with van der Waals surface area (Å²) in [7, 11) is 0. The van der Waals surface area contributed by atoms with Gasteiger partial charge < -0.3 is 10.1 Å². The van der Waals surface area contributed by atoms with Gasteiger partial charge in [-0.05, 0) is 37.6 Å². The van der Waals surface area contributed by atoms with Gasteiger partial charge in [0.25, 0.3) is 11.7 Å². The molecule has 0 aliphatic carbocycles. The molecule has 1 unspecified atom stereocenters. The maximum Gasteiger partial charge on any atom is 0.289 e. The van der Waals surface area contributed by atoms with Crippen molar-refractivity contribution in [1.82, 2.24) is 5.32 Å². The number of nitro benzene ring substituents is 1. The fourth-order valence-corrected chi connectivity index (χ4v) is 1.77. The van der Waals surface area contributed by atoms with Crippen molar-refractivity contribution in [3.63, 3.8) is 0 Å². The van der Waals surface area contributed by atoms with Crippen LogP contribution in [0.25, 0.3) is 0 Å². The molecule has 6 nitrogen and oxygen atoms in total. The van der Waals surface area contributed by atoms with E-state index in [1.54, 1.807) is 12.1 Å². The minimum absolute atomic E-state index is 0.0734. The number of aliphatic imine (C=N–C) groups is 1. The molecule has 19 heavy (non-hydrogen) atoms. The largest absolute Gasteiger partial charge is 0.460 e. The number of nitro groups is 1. The third-order valence-electron chi connectivity index (χ3n) is 2.64. The van der Waals surface area contributed by atoms with E-state index in [4.69, 9.17) is 4.74 Å². The summed E-state index contributed by atoms with van der Waals surface area (Å²) < 4.78 is 5.54. The molecule has 1 aromatic rings. The zero-order valence-corrected chi connectivity index (χ0v) is 10.8. The van der Waals surface area contributed by atoms with E-state index in [0.29, 0.717) is 12.6 Å². The van der Waals surface area contributed by atoms with Gasteiger partial charge in [-0.1, -0.05) is 0 Å². The van der Waals surface area contributed by atoms with Crippen LogP contribution in [0.2, 0.25) is 0 Å². The van der Waals surface area contributed by atoms with E-state index in [-0.39, 0.29) is 11.7 Å². The molecule has 1 N–H and O–H groups in total. The van der Waals surface area contributed by atoms with Gasteiger partial charge in [0.05, 0.1) is 11.0 Å². The van der Waals surface area contributed by atoms with E-state index in [9.17, 15) is 10.1 Å². The standard InChI is InChI=1S/C13H15N3O3/c1-9-7-10(2)15-13(14-9)19-8-11-3-5-12(6-4-11)16(17)18/h3-7,9H,8H2,1-2H3,(H,14,15). The fraction of sp³-hybridized carbons (Fsp3) is 0.308. The first-order valence-corrected chi connectivity index (χ1v) is 5.94. The summed E-state index contributed by atoms with van der Waals surface area (Å²) in [4.78, 5) is 14.4. The van der Waals surface area contributed by atoms with Crippen molar-refractivity contribution in [3.05, 3.63) is 51.7 Å². The maximum absolute atomic E-state index is 10.5. The second-order valence-corrected chi connectivity index (χ2v) is 4.36. The van der Waals surface area contributed by atoms with Crippen LogP contribution in [0, 0.1) is 10.1 Å². The lowest BCUT2D eigenvalue weighted by Gasteiger charge is -2.18. The molecule has 0 aromatic heterocycles. The van der Waals surface area contributed by atoms with Crippen LogP contribution in [0.15, 0.2) is 41.0 Å². The van der Waals surface area contributed by atoms with Crippen LogP contribution in [0.5, 0.6) is 0 Å². The van der Waals surface area contributed by atoms with E-state index < -0.39 is 4.92 Å². The molecular weight excluding hydrogens is 246 g/mol. The van der Waals surface area contributed by atoms with Crippen LogP contribution in [0.3, 0.4) is 0 Å². The Hall–Kier alpha value is -2.37. The minimum Gasteiger partial charge on any atom is -0.460 e. The Labute approximate surface area is 111 Å². The molecule has 0 amide bonds. The number of nitrogens with one attached hydrogen (secondary N) is 1. The Morgan fingerprint density at radius 1 is 1.42 bits per heavy atom. The molecule has 0 fully saturated rings. The van der Waals surface area contributed by atoms with E-state index >= 15 is 0 Å². The van der Waals surface area contributed by atoms with Gasteiger partial charge in [0.15, 0.2) is 0 Å². The molecule has 0 saturated carbocycles. The molecule has 1 atom stereocenters. The molecule has 2 rings (SSSR count). The Balaban J connectivity index is 1.94. The lowest BCUT2D eigenvalue weighted by molar-refractivity contribution is -0.384. The summed E-state index contributed by atoms with van der Waals surface area (Å²) in [6, 6.07) is 6.84. The van der Waals surface area contributed by atoms with Crippen LogP contribution >= 0.6 is 0 Å². The summed E-state index contributed by atoms with van der Waals surface area (Å²) in [5, 5.41) is 13.6. The third kappa shape index (κ3) is 3.54. The Bertz CT molecular complexity index is 535. The Kier molecular flexibility index (Phi) is 3.79. The van der Waals surface area contributed by atoms with Crippen molar-refractivity contribution < 1.29 is 9.66 Å². The van der Waals surface area contributed by atoms with Gasteiger partial charge in [0, 0.05) is 17.8 Å². The van der Waals surface area contributed by atoms with Crippen molar-refractivity contribution in [2.75, 3.05) is 0 Å². The normalized spacial score (nSPS) is 18.1. The zero-order valence-electron chi connectivity index (χ0n) is 10.8. The summed E-state index contributed by atoms with van der Waals surface area (Å²) in [5.74, 6) is 0. The predicted octanol–water partition coefficient (Wildman–Crippen LogP) is 2.36. The molecular formula is C13H15N3O3. The van der Waals surface area contributed by atoms with Gasteiger partial charge in [0.1, 0.15) is 6.61 Å². The number of rotatable bonds is 3. The second-order valence-electron chi connectivity index (χ2n) is 4.36. The maximum atomic E-state index is 10.5. The number of hydrogen-bond acceptors (Lipinski definition) is 5. The monoisotopic (exact) mass is 261 g/mol.